The second-order valence-electron chi connectivity index (χ2n) is 8.81. The average molecular weight is 507 g/mol. The maximum atomic E-state index is 13.0. The predicted octanol–water partition coefficient (Wildman–Crippen LogP) is 4.64. The zero-order valence-electron chi connectivity index (χ0n) is 19.7. The van der Waals surface area contributed by atoms with Crippen LogP contribution in [0.4, 0.5) is 11.4 Å². The number of rotatable bonds is 7. The number of amides is 1. The Kier molecular flexibility index (Phi) is 7.27. The summed E-state index contributed by atoms with van der Waals surface area (Å²) in [5.74, 6) is 0.230. The van der Waals surface area contributed by atoms with E-state index in [2.05, 4.69) is 56.0 Å². The first-order chi connectivity index (χ1) is 17.1. The minimum Gasteiger partial charge on any atom is -0.367 e. The third kappa shape index (κ3) is 5.64. The molecule has 1 amide bonds. The van der Waals surface area contributed by atoms with Gasteiger partial charge < -0.3 is 15.1 Å². The largest absolute Gasteiger partial charge is 0.367 e. The summed E-state index contributed by atoms with van der Waals surface area (Å²) < 4.78 is 2.23. The molecule has 35 heavy (non-hydrogen) atoms. The molecule has 0 atom stereocenters. The molecule has 1 fully saturated rings. The van der Waals surface area contributed by atoms with Crippen LogP contribution >= 0.6 is 23.4 Å². The molecule has 0 unspecified atom stereocenters. The number of carbonyl (C=O) groups is 1. The second kappa shape index (κ2) is 10.7. The van der Waals surface area contributed by atoms with Gasteiger partial charge in [-0.2, -0.15) is 0 Å². The van der Waals surface area contributed by atoms with Crippen molar-refractivity contribution >= 4 is 51.7 Å². The van der Waals surface area contributed by atoms with Crippen LogP contribution in [0, 0.1) is 0 Å². The van der Waals surface area contributed by atoms with E-state index in [0.29, 0.717) is 5.02 Å². The van der Waals surface area contributed by atoms with Crippen LogP contribution in [0.5, 0.6) is 0 Å². The number of carbonyl (C=O) groups excluding carboxylic acids is 1. The standard InChI is InChI=1S/C27H28ClN5OS/c1-31-13-15-32(16-14-31)24-12-11-21(28)17-23(24)29-26(34)19-35-27-30-22-9-5-6-10-25(22)33(27)18-20-7-3-2-4-8-20/h2-12,17H,13-16,18-19H2,1H3,(H,29,34)/p+1. The third-order valence-corrected chi connectivity index (χ3v) is 7.52. The summed E-state index contributed by atoms with van der Waals surface area (Å²) in [5, 5.41) is 4.68. The van der Waals surface area contributed by atoms with E-state index < -0.39 is 0 Å². The topological polar surface area (TPSA) is 55.2 Å². The van der Waals surface area contributed by atoms with Crippen LogP contribution in [-0.4, -0.2) is 54.8 Å². The minimum atomic E-state index is -0.0578. The quantitative estimate of drug-likeness (QED) is 0.283. The lowest BCUT2D eigenvalue weighted by Gasteiger charge is -2.35. The Balaban J connectivity index is 1.32. The van der Waals surface area contributed by atoms with Crippen molar-refractivity contribution in [2.45, 2.75) is 11.7 Å². The molecule has 1 aromatic heterocycles. The number of hydrogen-bond donors (Lipinski definition) is 2. The Labute approximate surface area is 214 Å². The highest BCUT2D eigenvalue weighted by Crippen LogP contribution is 2.30. The molecule has 8 heteroatoms. The Hall–Kier alpha value is -3.00. The highest BCUT2D eigenvalue weighted by Gasteiger charge is 2.22. The molecule has 1 aliphatic rings. The smallest absolute Gasteiger partial charge is 0.317 e. The zero-order valence-corrected chi connectivity index (χ0v) is 21.3. The summed E-state index contributed by atoms with van der Waals surface area (Å²) in [4.78, 5) is 21.2. The van der Waals surface area contributed by atoms with Gasteiger partial charge in [-0.1, -0.05) is 54.1 Å². The fraction of sp³-hybridized carbons (Fsp3) is 0.259. The summed E-state index contributed by atoms with van der Waals surface area (Å²) >= 11 is 7.79. The first kappa shape index (κ1) is 23.7. The lowest BCUT2D eigenvalue weighted by atomic mass is 10.2. The number of piperazine rings is 1. The van der Waals surface area contributed by atoms with E-state index in [1.54, 1.807) is 0 Å². The molecule has 1 aliphatic heterocycles. The SMILES string of the molecule is CN1CCN(c2ccc(Cl)cc2NC(=O)CSc2[nH]c3ccccc3[n+]2Cc2ccccc2)CC1. The van der Waals surface area contributed by atoms with Crippen LogP contribution in [0.15, 0.2) is 78.0 Å². The minimum absolute atomic E-state index is 0.0578. The number of halogens is 1. The molecule has 0 bridgehead atoms. The number of fused-ring (bicyclic) bond motifs is 1. The number of thioether (sulfide) groups is 1. The molecular formula is C27H29ClN5OS+. The molecule has 0 aliphatic carbocycles. The van der Waals surface area contributed by atoms with Gasteiger partial charge in [-0.25, -0.2) is 9.55 Å². The summed E-state index contributed by atoms with van der Waals surface area (Å²) in [6, 6.07) is 24.3. The van der Waals surface area contributed by atoms with Crippen molar-refractivity contribution in [2.75, 3.05) is 49.2 Å². The van der Waals surface area contributed by atoms with Crippen LogP contribution in [0.25, 0.3) is 11.0 Å². The molecule has 4 aromatic rings. The van der Waals surface area contributed by atoms with Crippen molar-refractivity contribution < 1.29 is 9.36 Å². The molecule has 0 spiro atoms. The summed E-state index contributed by atoms with van der Waals surface area (Å²) in [5.41, 5.74) is 5.17. The van der Waals surface area contributed by atoms with Crippen molar-refractivity contribution in [1.29, 1.82) is 0 Å². The third-order valence-electron chi connectivity index (χ3n) is 6.28. The monoisotopic (exact) mass is 506 g/mol. The summed E-state index contributed by atoms with van der Waals surface area (Å²) in [6.07, 6.45) is 0. The fourth-order valence-corrected chi connectivity index (χ4v) is 5.41. The average Bonchev–Trinajstić information content (AvgIpc) is 3.21. The summed E-state index contributed by atoms with van der Waals surface area (Å²) in [7, 11) is 2.13. The number of nitrogens with one attached hydrogen (secondary N) is 2. The number of likely N-dealkylation sites (N-methyl/N-ethyl adjacent to an activating group) is 1. The van der Waals surface area contributed by atoms with Crippen LogP contribution in [0.2, 0.25) is 5.02 Å². The highest BCUT2D eigenvalue weighted by atomic mass is 35.5. The number of H-pyrrole nitrogens is 1. The van der Waals surface area contributed by atoms with Gasteiger partial charge in [-0.3, -0.25) is 4.79 Å². The van der Waals surface area contributed by atoms with Gasteiger partial charge >= 0.3 is 5.16 Å². The van der Waals surface area contributed by atoms with E-state index in [0.717, 1.165) is 60.3 Å². The number of imidazole rings is 1. The molecule has 3 aromatic carbocycles. The van der Waals surface area contributed by atoms with E-state index in [1.807, 2.05) is 48.5 Å². The molecule has 5 rings (SSSR count). The number of para-hydroxylation sites is 2. The lowest BCUT2D eigenvalue weighted by molar-refractivity contribution is -0.700. The number of nitrogens with zero attached hydrogens (tertiary/aromatic N) is 3. The van der Waals surface area contributed by atoms with Crippen molar-refractivity contribution in [2.24, 2.45) is 0 Å². The predicted molar refractivity (Wildman–Crippen MR) is 145 cm³/mol. The molecule has 1 saturated heterocycles. The second-order valence-corrected chi connectivity index (χ2v) is 10.2. The van der Waals surface area contributed by atoms with Gasteiger partial charge in [0.2, 0.25) is 5.91 Å². The van der Waals surface area contributed by atoms with Gasteiger partial charge in [0.05, 0.1) is 17.1 Å². The van der Waals surface area contributed by atoms with Gasteiger partial charge in [0, 0.05) is 31.2 Å². The van der Waals surface area contributed by atoms with E-state index in [-0.39, 0.29) is 11.7 Å². The lowest BCUT2D eigenvalue weighted by Crippen LogP contribution is -2.44. The molecule has 2 heterocycles. The maximum absolute atomic E-state index is 13.0. The number of anilines is 2. The first-order valence-corrected chi connectivity index (χ1v) is 13.1. The van der Waals surface area contributed by atoms with Crippen LogP contribution in [-0.2, 0) is 11.3 Å². The molecular weight excluding hydrogens is 478 g/mol. The van der Waals surface area contributed by atoms with Crippen molar-refractivity contribution in [3.05, 3.63) is 83.4 Å². The number of aromatic amines is 1. The number of hydrogen-bond acceptors (Lipinski definition) is 4. The Morgan fingerprint density at radius 2 is 1.77 bits per heavy atom. The van der Waals surface area contributed by atoms with E-state index in [1.165, 1.54) is 17.3 Å². The van der Waals surface area contributed by atoms with Crippen LogP contribution < -0.4 is 14.8 Å². The van der Waals surface area contributed by atoms with Crippen molar-refractivity contribution in [1.82, 2.24) is 9.88 Å². The normalized spacial score (nSPS) is 14.4. The molecule has 0 radical (unpaired) electrons. The van der Waals surface area contributed by atoms with Crippen molar-refractivity contribution in [3.8, 4) is 0 Å². The molecule has 2 N–H and O–H groups in total. The van der Waals surface area contributed by atoms with E-state index >= 15 is 0 Å². The highest BCUT2D eigenvalue weighted by molar-refractivity contribution is 7.99. The van der Waals surface area contributed by atoms with Gasteiger partial charge in [-0.15, -0.1) is 0 Å². The molecule has 180 valence electrons. The Morgan fingerprint density at radius 1 is 1.03 bits per heavy atom. The van der Waals surface area contributed by atoms with E-state index in [4.69, 9.17) is 11.6 Å². The van der Waals surface area contributed by atoms with Gasteiger partial charge in [-0.05, 0) is 54.7 Å². The van der Waals surface area contributed by atoms with E-state index in [9.17, 15) is 4.79 Å². The van der Waals surface area contributed by atoms with Gasteiger partial charge in [0.25, 0.3) is 0 Å². The summed E-state index contributed by atoms with van der Waals surface area (Å²) in [6.45, 7) is 4.56. The number of aromatic nitrogens is 2. The van der Waals surface area contributed by atoms with Crippen molar-refractivity contribution in [3.63, 3.8) is 0 Å². The zero-order chi connectivity index (χ0) is 24.2. The van der Waals surface area contributed by atoms with Crippen LogP contribution in [0.1, 0.15) is 5.56 Å². The first-order valence-electron chi connectivity index (χ1n) is 11.8. The van der Waals surface area contributed by atoms with Gasteiger partial charge in [0.1, 0.15) is 6.54 Å². The Morgan fingerprint density at radius 3 is 2.57 bits per heavy atom. The van der Waals surface area contributed by atoms with Gasteiger partial charge in [0.15, 0.2) is 11.0 Å². The van der Waals surface area contributed by atoms with Crippen LogP contribution in [0.3, 0.4) is 0 Å². The molecule has 6 nitrogen and oxygen atoms in total. The fourth-order valence-electron chi connectivity index (χ4n) is 4.40. The number of benzene rings is 3. The maximum Gasteiger partial charge on any atom is 0.317 e. The Bertz CT molecular complexity index is 1320. The molecule has 0 saturated carbocycles.